The van der Waals surface area contributed by atoms with Crippen LogP contribution in [0.5, 0.6) is 0 Å². The minimum Gasteiger partial charge on any atom is -0.444 e. The Balaban J connectivity index is 2.33. The number of sulfone groups is 1. The summed E-state index contributed by atoms with van der Waals surface area (Å²) in [6.07, 6.45) is 0.411. The summed E-state index contributed by atoms with van der Waals surface area (Å²) in [5.74, 6) is 0. The number of likely N-dealkylation sites (tertiary alicyclic amines) is 1. The molecule has 0 bridgehead atoms. The first-order valence-corrected chi connectivity index (χ1v) is 9.48. The fraction of sp³-hybridized carbons (Fsp3) is 0.600. The van der Waals surface area contributed by atoms with Crippen LogP contribution in [0, 0.1) is 0 Å². The number of nitrogens with zero attached hydrogens (tertiary/aromatic N) is 2. The summed E-state index contributed by atoms with van der Waals surface area (Å²) in [6, 6.07) is 2.58. The predicted molar refractivity (Wildman–Crippen MR) is 90.1 cm³/mol. The number of ether oxygens (including phenoxy) is 1. The van der Waals surface area contributed by atoms with Gasteiger partial charge in [0.1, 0.15) is 16.5 Å². The Morgan fingerprint density at radius 3 is 2.60 bits per heavy atom. The summed E-state index contributed by atoms with van der Waals surface area (Å²) in [5.41, 5.74) is -2.79. The lowest BCUT2D eigenvalue weighted by Crippen LogP contribution is -2.49. The van der Waals surface area contributed by atoms with Crippen LogP contribution in [0.2, 0.25) is 5.02 Å². The smallest absolute Gasteiger partial charge is 0.410 e. The van der Waals surface area contributed by atoms with Crippen LogP contribution in [0.25, 0.3) is 0 Å². The Kier molecular flexibility index (Phi) is 5.34. The van der Waals surface area contributed by atoms with Gasteiger partial charge in [0.05, 0.1) is 18.2 Å². The van der Waals surface area contributed by atoms with Crippen LogP contribution in [0.3, 0.4) is 0 Å². The molecule has 1 aromatic heterocycles. The molecule has 140 valence electrons. The van der Waals surface area contributed by atoms with E-state index in [1.807, 2.05) is 0 Å². The monoisotopic (exact) mass is 392 g/mol. The highest BCUT2D eigenvalue weighted by Gasteiger charge is 2.54. The zero-order valence-electron chi connectivity index (χ0n) is 14.1. The topological polar surface area (TPSA) is 117 Å². The molecule has 10 heteroatoms. The molecule has 1 saturated heterocycles. The van der Waals surface area contributed by atoms with Crippen molar-refractivity contribution in [1.29, 1.82) is 0 Å². The zero-order valence-corrected chi connectivity index (χ0v) is 15.7. The third kappa shape index (κ3) is 4.22. The van der Waals surface area contributed by atoms with E-state index < -0.39 is 39.0 Å². The lowest BCUT2D eigenvalue weighted by Gasteiger charge is -2.26. The molecule has 2 heterocycles. The van der Waals surface area contributed by atoms with Crippen LogP contribution in [-0.2, 0) is 14.6 Å². The number of amides is 1. The maximum absolute atomic E-state index is 12.8. The van der Waals surface area contributed by atoms with Crippen LogP contribution in [0.4, 0.5) is 4.79 Å². The van der Waals surface area contributed by atoms with E-state index in [0.29, 0.717) is 0 Å². The molecule has 25 heavy (non-hydrogen) atoms. The van der Waals surface area contributed by atoms with Gasteiger partial charge in [0, 0.05) is 12.7 Å². The Morgan fingerprint density at radius 1 is 1.48 bits per heavy atom. The number of hydrogen-bond acceptors (Lipinski definition) is 7. The molecular formula is C15H21ClN2O6S. The van der Waals surface area contributed by atoms with Crippen molar-refractivity contribution in [3.8, 4) is 0 Å². The number of pyridine rings is 1. The summed E-state index contributed by atoms with van der Waals surface area (Å²) >= 11 is 5.71. The lowest BCUT2D eigenvalue weighted by atomic mass is 10.1. The number of aromatic nitrogens is 1. The number of aliphatic hydroxyl groups excluding tert-OH is 1. The summed E-state index contributed by atoms with van der Waals surface area (Å²) in [6.45, 7) is 3.50. The third-order valence-electron chi connectivity index (χ3n) is 3.74. The molecule has 8 nitrogen and oxygen atoms in total. The second-order valence-electron chi connectivity index (χ2n) is 6.97. The van der Waals surface area contributed by atoms with Crippen LogP contribution in [-0.4, -0.2) is 70.8 Å². The van der Waals surface area contributed by atoms with Gasteiger partial charge in [-0.15, -0.1) is 0 Å². The minimum atomic E-state index is -4.11. The molecule has 0 spiro atoms. The molecule has 2 atom stereocenters. The molecule has 0 saturated carbocycles. The highest BCUT2D eigenvalue weighted by Crippen LogP contribution is 2.32. The van der Waals surface area contributed by atoms with Crippen molar-refractivity contribution in [2.75, 3.05) is 19.7 Å². The first kappa shape index (κ1) is 19.9. The number of carbonyl (C=O) groups is 1. The van der Waals surface area contributed by atoms with Crippen molar-refractivity contribution < 1.29 is 28.2 Å². The third-order valence-corrected chi connectivity index (χ3v) is 6.13. The van der Waals surface area contributed by atoms with E-state index in [1.165, 1.54) is 18.3 Å². The van der Waals surface area contributed by atoms with Crippen molar-refractivity contribution in [1.82, 2.24) is 9.88 Å². The molecular weight excluding hydrogens is 372 g/mol. The maximum Gasteiger partial charge on any atom is 0.410 e. The number of rotatable bonds is 3. The summed E-state index contributed by atoms with van der Waals surface area (Å²) < 4.78 is 30.8. The average molecular weight is 393 g/mol. The van der Waals surface area contributed by atoms with E-state index in [0.717, 1.165) is 4.90 Å². The number of aliphatic hydroxyl groups is 2. The SMILES string of the molecule is CC(C)(C)OC(=O)N1C[C@H](S(=O)(=O)c2ccc(Cl)cn2)[C@@](O)(CO)C1. The zero-order chi connectivity index (χ0) is 19.0. The van der Waals surface area contributed by atoms with Crippen LogP contribution < -0.4 is 0 Å². The number of carbonyl (C=O) groups excluding carboxylic acids is 1. The van der Waals surface area contributed by atoms with Crippen molar-refractivity contribution in [2.45, 2.75) is 42.2 Å². The highest BCUT2D eigenvalue weighted by atomic mass is 35.5. The molecule has 1 aromatic rings. The van der Waals surface area contributed by atoms with Gasteiger partial charge in [-0.3, -0.25) is 0 Å². The quantitative estimate of drug-likeness (QED) is 0.783. The van der Waals surface area contributed by atoms with Crippen LogP contribution >= 0.6 is 11.6 Å². The van der Waals surface area contributed by atoms with E-state index in [2.05, 4.69) is 4.98 Å². The maximum atomic E-state index is 12.8. The molecule has 0 aliphatic carbocycles. The number of halogens is 1. The van der Waals surface area contributed by atoms with E-state index in [1.54, 1.807) is 20.8 Å². The highest BCUT2D eigenvalue weighted by molar-refractivity contribution is 7.92. The summed E-state index contributed by atoms with van der Waals surface area (Å²) in [4.78, 5) is 17.0. The Hall–Kier alpha value is -1.42. The Bertz CT molecular complexity index is 746. The van der Waals surface area contributed by atoms with Gasteiger partial charge in [-0.1, -0.05) is 11.6 Å². The van der Waals surface area contributed by atoms with Gasteiger partial charge in [0.25, 0.3) is 0 Å². The first-order valence-electron chi connectivity index (χ1n) is 7.56. The van der Waals surface area contributed by atoms with Gasteiger partial charge in [0.15, 0.2) is 5.03 Å². The van der Waals surface area contributed by atoms with Crippen molar-refractivity contribution in [3.63, 3.8) is 0 Å². The molecule has 1 fully saturated rings. The van der Waals surface area contributed by atoms with Crippen molar-refractivity contribution >= 4 is 27.5 Å². The van der Waals surface area contributed by atoms with Gasteiger partial charge in [-0.25, -0.2) is 18.2 Å². The lowest BCUT2D eigenvalue weighted by molar-refractivity contribution is -0.0108. The van der Waals surface area contributed by atoms with Gasteiger partial charge in [-0.2, -0.15) is 0 Å². The van der Waals surface area contributed by atoms with Crippen molar-refractivity contribution in [2.24, 2.45) is 0 Å². The van der Waals surface area contributed by atoms with E-state index in [9.17, 15) is 23.4 Å². The fourth-order valence-corrected chi connectivity index (χ4v) is 4.51. The molecule has 0 unspecified atom stereocenters. The molecule has 1 aliphatic heterocycles. The minimum absolute atomic E-state index is 0.262. The standard InChI is InChI=1S/C15H21ClN2O6S/c1-14(2,3)24-13(20)18-7-11(15(21,8-18)9-19)25(22,23)12-5-4-10(16)6-17-12/h4-6,11,19,21H,7-9H2,1-3H3/t11-,15-/m0/s1. The molecule has 0 radical (unpaired) electrons. The summed E-state index contributed by atoms with van der Waals surface area (Å²) in [7, 11) is -4.11. The largest absolute Gasteiger partial charge is 0.444 e. The Labute approximate surface area is 151 Å². The molecule has 2 rings (SSSR count). The molecule has 1 aliphatic rings. The van der Waals surface area contributed by atoms with Gasteiger partial charge < -0.3 is 19.8 Å². The number of β-amino-alcohol motifs (C(OH)–C–C–N with tert-alkyl or cyclic N) is 1. The second kappa shape index (κ2) is 6.71. The number of hydrogen-bond donors (Lipinski definition) is 2. The predicted octanol–water partition coefficient (Wildman–Crippen LogP) is 0.851. The fourth-order valence-electron chi connectivity index (χ4n) is 2.55. The van der Waals surface area contributed by atoms with Crippen molar-refractivity contribution in [3.05, 3.63) is 23.4 Å². The van der Waals surface area contributed by atoms with Gasteiger partial charge in [-0.05, 0) is 32.9 Å². The molecule has 1 amide bonds. The van der Waals surface area contributed by atoms with Gasteiger partial charge in [0.2, 0.25) is 9.84 Å². The molecule has 2 N–H and O–H groups in total. The first-order chi connectivity index (χ1) is 11.4. The van der Waals surface area contributed by atoms with Gasteiger partial charge >= 0.3 is 6.09 Å². The van der Waals surface area contributed by atoms with Crippen LogP contribution in [0.15, 0.2) is 23.4 Å². The molecule has 0 aromatic carbocycles. The van der Waals surface area contributed by atoms with Crippen LogP contribution in [0.1, 0.15) is 20.8 Å². The van der Waals surface area contributed by atoms with E-state index in [4.69, 9.17) is 16.3 Å². The Morgan fingerprint density at radius 2 is 2.12 bits per heavy atom. The normalized spacial score (nSPS) is 24.4. The average Bonchev–Trinajstić information content (AvgIpc) is 2.85. The van der Waals surface area contributed by atoms with E-state index in [-0.39, 0.29) is 23.1 Å². The second-order valence-corrected chi connectivity index (χ2v) is 9.48. The summed E-state index contributed by atoms with van der Waals surface area (Å²) in [5, 5.41) is 18.7. The van der Waals surface area contributed by atoms with E-state index >= 15 is 0 Å².